The number of hydrogen-bond acceptors (Lipinski definition) is 3. The lowest BCUT2D eigenvalue weighted by atomic mass is 9.97. The number of hydrogen-bond donors (Lipinski definition) is 2. The average Bonchev–Trinajstić information content (AvgIpc) is 2.49. The van der Waals surface area contributed by atoms with Gasteiger partial charge in [-0.15, -0.1) is 0 Å². The zero-order valence-corrected chi connectivity index (χ0v) is 12.1. The van der Waals surface area contributed by atoms with Crippen molar-refractivity contribution in [3.8, 4) is 0 Å². The maximum absolute atomic E-state index is 12.3. The molecule has 108 valence electrons. The number of carbonyl (C=O) groups is 1. The maximum Gasteiger partial charge on any atom is 0.255 e. The number of carbonyl (C=O) groups excluding carboxylic acids is 1. The highest BCUT2D eigenvalue weighted by Gasteiger charge is 2.15. The van der Waals surface area contributed by atoms with Gasteiger partial charge in [-0.1, -0.05) is 18.2 Å². The van der Waals surface area contributed by atoms with Gasteiger partial charge in [-0.25, -0.2) is 0 Å². The second-order valence-corrected chi connectivity index (χ2v) is 5.51. The van der Waals surface area contributed by atoms with Gasteiger partial charge in [-0.3, -0.25) is 4.79 Å². The summed E-state index contributed by atoms with van der Waals surface area (Å²) in [4.78, 5) is 14.6. The third-order valence-corrected chi connectivity index (χ3v) is 3.88. The smallest absolute Gasteiger partial charge is 0.255 e. The van der Waals surface area contributed by atoms with Crippen LogP contribution >= 0.6 is 0 Å². The number of rotatable bonds is 2. The highest BCUT2D eigenvalue weighted by molar-refractivity contribution is 6.05. The number of benzene rings is 2. The van der Waals surface area contributed by atoms with E-state index >= 15 is 0 Å². The number of anilines is 2. The first-order chi connectivity index (χ1) is 10.1. The van der Waals surface area contributed by atoms with Crippen LogP contribution in [0.2, 0.25) is 0 Å². The monoisotopic (exact) mass is 281 g/mol. The Hall–Kier alpha value is -2.33. The molecule has 3 N–H and O–H groups in total. The number of likely N-dealkylation sites (N-methyl/N-ethyl adjacent to an activating group) is 1. The van der Waals surface area contributed by atoms with Crippen molar-refractivity contribution in [2.24, 2.45) is 0 Å². The summed E-state index contributed by atoms with van der Waals surface area (Å²) in [6.07, 6.45) is 0.987. The van der Waals surface area contributed by atoms with Crippen LogP contribution in [0, 0.1) is 0 Å². The molecule has 0 saturated heterocycles. The molecule has 0 spiro atoms. The van der Waals surface area contributed by atoms with Gasteiger partial charge >= 0.3 is 0 Å². The van der Waals surface area contributed by atoms with Crippen LogP contribution in [-0.2, 0) is 13.0 Å². The van der Waals surface area contributed by atoms with Gasteiger partial charge < -0.3 is 16.0 Å². The highest BCUT2D eigenvalue weighted by atomic mass is 16.1. The molecule has 0 aromatic heterocycles. The molecule has 0 radical (unpaired) electrons. The number of nitrogen functional groups attached to an aromatic ring is 1. The summed E-state index contributed by atoms with van der Waals surface area (Å²) in [5, 5.41) is 2.87. The SMILES string of the molecule is CN1CCc2cc(C(=O)Nc3ccccc3N)ccc2C1. The Morgan fingerprint density at radius 3 is 2.81 bits per heavy atom. The zero-order valence-electron chi connectivity index (χ0n) is 12.1. The molecule has 1 heterocycles. The number of nitrogens with two attached hydrogens (primary N) is 1. The van der Waals surface area contributed by atoms with Crippen molar-refractivity contribution in [3.63, 3.8) is 0 Å². The zero-order chi connectivity index (χ0) is 14.8. The van der Waals surface area contributed by atoms with E-state index in [0.29, 0.717) is 16.9 Å². The van der Waals surface area contributed by atoms with Crippen LogP contribution in [0.1, 0.15) is 21.5 Å². The van der Waals surface area contributed by atoms with Crippen LogP contribution in [0.25, 0.3) is 0 Å². The van der Waals surface area contributed by atoms with Crippen molar-refractivity contribution in [1.29, 1.82) is 0 Å². The fourth-order valence-corrected chi connectivity index (χ4v) is 2.64. The van der Waals surface area contributed by atoms with Gasteiger partial charge in [0.05, 0.1) is 11.4 Å². The normalized spacial score (nSPS) is 14.5. The van der Waals surface area contributed by atoms with Gasteiger partial charge in [0.1, 0.15) is 0 Å². The van der Waals surface area contributed by atoms with E-state index in [-0.39, 0.29) is 5.91 Å². The van der Waals surface area contributed by atoms with Crippen molar-refractivity contribution >= 4 is 17.3 Å². The van der Waals surface area contributed by atoms with Crippen LogP contribution in [0.15, 0.2) is 42.5 Å². The molecule has 1 amide bonds. The lowest BCUT2D eigenvalue weighted by Crippen LogP contribution is -2.27. The van der Waals surface area contributed by atoms with Crippen LogP contribution in [-0.4, -0.2) is 24.4 Å². The van der Waals surface area contributed by atoms with Crippen molar-refractivity contribution < 1.29 is 4.79 Å². The molecule has 1 aliphatic heterocycles. The molecule has 4 heteroatoms. The molecule has 0 bridgehead atoms. The summed E-state index contributed by atoms with van der Waals surface area (Å²) < 4.78 is 0. The molecule has 2 aromatic rings. The first-order valence-corrected chi connectivity index (χ1v) is 7.09. The Morgan fingerprint density at radius 1 is 1.19 bits per heavy atom. The molecule has 2 aromatic carbocycles. The van der Waals surface area contributed by atoms with E-state index in [0.717, 1.165) is 19.5 Å². The second-order valence-electron chi connectivity index (χ2n) is 5.51. The van der Waals surface area contributed by atoms with E-state index in [4.69, 9.17) is 5.73 Å². The molecule has 0 atom stereocenters. The molecule has 1 aliphatic rings. The van der Waals surface area contributed by atoms with Crippen molar-refractivity contribution in [3.05, 3.63) is 59.2 Å². The van der Waals surface area contributed by atoms with Crippen molar-refractivity contribution in [2.75, 3.05) is 24.6 Å². The Kier molecular flexibility index (Phi) is 3.62. The van der Waals surface area contributed by atoms with Crippen LogP contribution < -0.4 is 11.1 Å². The summed E-state index contributed by atoms with van der Waals surface area (Å²) in [5.74, 6) is -0.116. The number of nitrogens with zero attached hydrogens (tertiary/aromatic N) is 1. The Labute approximate surface area is 124 Å². The summed E-state index contributed by atoms with van der Waals surface area (Å²) in [5.41, 5.74) is 10.3. The van der Waals surface area contributed by atoms with E-state index in [1.54, 1.807) is 12.1 Å². The second kappa shape index (κ2) is 5.58. The summed E-state index contributed by atoms with van der Waals surface area (Å²) in [7, 11) is 2.11. The van der Waals surface area contributed by atoms with E-state index in [1.807, 2.05) is 30.3 Å². The van der Waals surface area contributed by atoms with Gasteiger partial charge in [0.25, 0.3) is 5.91 Å². The van der Waals surface area contributed by atoms with Gasteiger partial charge in [0.2, 0.25) is 0 Å². The first kappa shape index (κ1) is 13.6. The first-order valence-electron chi connectivity index (χ1n) is 7.09. The lowest BCUT2D eigenvalue weighted by Gasteiger charge is -2.25. The van der Waals surface area contributed by atoms with E-state index < -0.39 is 0 Å². The minimum Gasteiger partial charge on any atom is -0.397 e. The quantitative estimate of drug-likeness (QED) is 0.832. The maximum atomic E-state index is 12.3. The molecular weight excluding hydrogens is 262 g/mol. The minimum absolute atomic E-state index is 0.116. The number of fused-ring (bicyclic) bond motifs is 1. The fraction of sp³-hybridized carbons (Fsp3) is 0.235. The van der Waals surface area contributed by atoms with E-state index in [2.05, 4.69) is 17.3 Å². The third kappa shape index (κ3) is 2.90. The fourth-order valence-electron chi connectivity index (χ4n) is 2.64. The van der Waals surface area contributed by atoms with Gasteiger partial charge in [-0.2, -0.15) is 0 Å². The van der Waals surface area contributed by atoms with Crippen molar-refractivity contribution in [2.45, 2.75) is 13.0 Å². The minimum atomic E-state index is -0.116. The van der Waals surface area contributed by atoms with Gasteiger partial charge in [0.15, 0.2) is 0 Å². The average molecular weight is 281 g/mol. The van der Waals surface area contributed by atoms with Crippen LogP contribution in [0.5, 0.6) is 0 Å². The lowest BCUT2D eigenvalue weighted by molar-refractivity contribution is 0.102. The molecule has 21 heavy (non-hydrogen) atoms. The molecule has 3 rings (SSSR count). The number of amides is 1. The number of para-hydroxylation sites is 2. The molecule has 0 fully saturated rings. The molecule has 0 aliphatic carbocycles. The van der Waals surface area contributed by atoms with Crippen LogP contribution in [0.4, 0.5) is 11.4 Å². The summed E-state index contributed by atoms with van der Waals surface area (Å²) >= 11 is 0. The topological polar surface area (TPSA) is 58.4 Å². The highest BCUT2D eigenvalue weighted by Crippen LogP contribution is 2.21. The predicted molar refractivity (Wildman–Crippen MR) is 85.3 cm³/mol. The molecular formula is C17H19N3O. The van der Waals surface area contributed by atoms with Crippen molar-refractivity contribution in [1.82, 2.24) is 4.90 Å². The molecule has 0 unspecified atom stereocenters. The standard InChI is InChI=1S/C17H19N3O/c1-20-9-8-12-10-13(6-7-14(12)11-20)17(21)19-16-5-3-2-4-15(16)18/h2-7,10H,8-9,11,18H2,1H3,(H,19,21). The van der Waals surface area contributed by atoms with Gasteiger partial charge in [-0.05, 0) is 48.9 Å². The Morgan fingerprint density at radius 2 is 2.00 bits per heavy atom. The third-order valence-electron chi connectivity index (χ3n) is 3.88. The molecule has 4 nitrogen and oxygen atoms in total. The summed E-state index contributed by atoms with van der Waals surface area (Å²) in [6.45, 7) is 1.98. The molecule has 0 saturated carbocycles. The number of nitrogens with one attached hydrogen (secondary N) is 1. The van der Waals surface area contributed by atoms with E-state index in [1.165, 1.54) is 11.1 Å². The summed E-state index contributed by atoms with van der Waals surface area (Å²) in [6, 6.07) is 13.2. The Balaban J connectivity index is 1.81. The van der Waals surface area contributed by atoms with Crippen LogP contribution in [0.3, 0.4) is 0 Å². The van der Waals surface area contributed by atoms with Gasteiger partial charge in [0, 0.05) is 18.7 Å². The largest absolute Gasteiger partial charge is 0.397 e. The Bertz CT molecular complexity index is 681. The predicted octanol–water partition coefficient (Wildman–Crippen LogP) is 2.51. The van der Waals surface area contributed by atoms with E-state index in [9.17, 15) is 4.79 Å².